The zero-order chi connectivity index (χ0) is 14.0. The van der Waals surface area contributed by atoms with Gasteiger partial charge in [-0.05, 0) is 31.5 Å². The minimum absolute atomic E-state index is 0.0872. The number of amides is 1. The van der Waals surface area contributed by atoms with Crippen LogP contribution in [-0.2, 0) is 9.59 Å². The number of aliphatic imine (C=N–C) groups is 1. The molecule has 0 bridgehead atoms. The van der Waals surface area contributed by atoms with Gasteiger partial charge >= 0.3 is 0 Å². The van der Waals surface area contributed by atoms with Crippen LogP contribution in [0.2, 0.25) is 0 Å². The highest BCUT2D eigenvalue weighted by Crippen LogP contribution is 2.37. The zero-order valence-corrected chi connectivity index (χ0v) is 10.7. The summed E-state index contributed by atoms with van der Waals surface area (Å²) in [6.45, 7) is 3.12. The molecular weight excluding hydrogens is 242 g/mol. The number of nitrogens with zero attached hydrogens (tertiary/aromatic N) is 3. The van der Waals surface area contributed by atoms with Gasteiger partial charge in [-0.15, -0.1) is 0 Å². The SMILES string of the molecule is CC(=O)C1C(C)=NC(=O)C(C#N)C1c1ccncc1. The Labute approximate surface area is 111 Å². The van der Waals surface area contributed by atoms with Gasteiger partial charge in [0.25, 0.3) is 5.91 Å². The molecule has 5 heteroatoms. The molecule has 1 aromatic rings. The van der Waals surface area contributed by atoms with Crippen molar-refractivity contribution in [3.63, 3.8) is 0 Å². The Kier molecular flexibility index (Phi) is 3.52. The molecular formula is C14H13N3O2. The van der Waals surface area contributed by atoms with Crippen LogP contribution in [0.25, 0.3) is 0 Å². The van der Waals surface area contributed by atoms with E-state index >= 15 is 0 Å². The Balaban J connectivity index is 2.57. The molecule has 0 N–H and O–H groups in total. The van der Waals surface area contributed by atoms with E-state index < -0.39 is 23.7 Å². The fourth-order valence-corrected chi connectivity index (χ4v) is 2.57. The summed E-state index contributed by atoms with van der Waals surface area (Å²) < 4.78 is 0. The van der Waals surface area contributed by atoms with Gasteiger partial charge in [-0.2, -0.15) is 5.26 Å². The number of hydrogen-bond acceptors (Lipinski definition) is 4. The number of aromatic nitrogens is 1. The Morgan fingerprint density at radius 2 is 2.00 bits per heavy atom. The molecule has 1 aliphatic heterocycles. The molecule has 3 atom stereocenters. The normalized spacial score (nSPS) is 26.5. The smallest absolute Gasteiger partial charge is 0.263 e. The predicted molar refractivity (Wildman–Crippen MR) is 68.4 cm³/mol. The molecule has 0 aromatic carbocycles. The van der Waals surface area contributed by atoms with Gasteiger partial charge in [0.15, 0.2) is 0 Å². The van der Waals surface area contributed by atoms with E-state index in [1.807, 2.05) is 6.07 Å². The molecule has 2 rings (SSSR count). The van der Waals surface area contributed by atoms with Crippen LogP contribution in [0.3, 0.4) is 0 Å². The highest BCUT2D eigenvalue weighted by atomic mass is 16.1. The molecule has 3 unspecified atom stereocenters. The van der Waals surface area contributed by atoms with E-state index in [1.165, 1.54) is 6.92 Å². The maximum atomic E-state index is 11.9. The van der Waals surface area contributed by atoms with Gasteiger partial charge in [-0.1, -0.05) is 0 Å². The summed E-state index contributed by atoms with van der Waals surface area (Å²) in [6, 6.07) is 5.44. The van der Waals surface area contributed by atoms with Crippen molar-refractivity contribution in [3.8, 4) is 6.07 Å². The molecule has 2 heterocycles. The summed E-state index contributed by atoms with van der Waals surface area (Å²) in [7, 11) is 0. The van der Waals surface area contributed by atoms with Crippen LogP contribution in [0.4, 0.5) is 0 Å². The Morgan fingerprint density at radius 1 is 1.37 bits per heavy atom. The highest BCUT2D eigenvalue weighted by molar-refractivity contribution is 6.11. The average Bonchev–Trinajstić information content (AvgIpc) is 2.38. The van der Waals surface area contributed by atoms with Crippen LogP contribution < -0.4 is 0 Å². The number of carbonyl (C=O) groups excluding carboxylic acids is 2. The molecule has 0 saturated carbocycles. The topological polar surface area (TPSA) is 83.2 Å². The second-order valence-corrected chi connectivity index (χ2v) is 4.59. The first-order valence-electron chi connectivity index (χ1n) is 5.95. The van der Waals surface area contributed by atoms with Gasteiger partial charge in [0, 0.05) is 24.0 Å². The summed E-state index contributed by atoms with van der Waals surface area (Å²) in [6.07, 6.45) is 3.18. The van der Waals surface area contributed by atoms with Crippen LogP contribution in [0.15, 0.2) is 29.5 Å². The first kappa shape index (κ1) is 13.1. The fraction of sp³-hybridized carbons (Fsp3) is 0.357. The van der Waals surface area contributed by atoms with Gasteiger partial charge in [0.05, 0.1) is 12.0 Å². The molecule has 0 spiro atoms. The predicted octanol–water partition coefficient (Wildman–Crippen LogP) is 1.51. The third-order valence-corrected chi connectivity index (χ3v) is 3.39. The second kappa shape index (κ2) is 5.11. The summed E-state index contributed by atoms with van der Waals surface area (Å²) in [5, 5.41) is 9.21. The van der Waals surface area contributed by atoms with Crippen molar-refractivity contribution >= 4 is 17.4 Å². The summed E-state index contributed by atoms with van der Waals surface area (Å²) in [5.41, 5.74) is 1.25. The largest absolute Gasteiger partial charge is 0.299 e. The first-order valence-corrected chi connectivity index (χ1v) is 5.95. The minimum Gasteiger partial charge on any atom is -0.299 e. The Morgan fingerprint density at radius 3 is 2.53 bits per heavy atom. The van der Waals surface area contributed by atoms with Gasteiger partial charge < -0.3 is 0 Å². The van der Waals surface area contributed by atoms with Crippen molar-refractivity contribution in [3.05, 3.63) is 30.1 Å². The molecule has 1 amide bonds. The summed E-state index contributed by atoms with van der Waals surface area (Å²) in [4.78, 5) is 31.4. The molecule has 96 valence electrons. The second-order valence-electron chi connectivity index (χ2n) is 4.59. The molecule has 0 saturated heterocycles. The lowest BCUT2D eigenvalue weighted by Crippen LogP contribution is -2.39. The van der Waals surface area contributed by atoms with E-state index in [1.54, 1.807) is 31.5 Å². The average molecular weight is 255 g/mol. The molecule has 0 radical (unpaired) electrons. The Bertz CT molecular complexity index is 586. The lowest BCUT2D eigenvalue weighted by atomic mass is 9.72. The number of nitriles is 1. The monoisotopic (exact) mass is 255 g/mol. The van der Waals surface area contributed by atoms with E-state index in [0.717, 1.165) is 5.56 Å². The lowest BCUT2D eigenvalue weighted by molar-refractivity contribution is -0.123. The van der Waals surface area contributed by atoms with E-state index in [9.17, 15) is 14.9 Å². The van der Waals surface area contributed by atoms with E-state index in [0.29, 0.717) is 5.71 Å². The van der Waals surface area contributed by atoms with Gasteiger partial charge in [0.1, 0.15) is 11.7 Å². The van der Waals surface area contributed by atoms with E-state index in [4.69, 9.17) is 0 Å². The number of ketones is 1. The van der Waals surface area contributed by atoms with Crippen LogP contribution in [0, 0.1) is 23.2 Å². The van der Waals surface area contributed by atoms with Crippen molar-refractivity contribution < 1.29 is 9.59 Å². The van der Waals surface area contributed by atoms with E-state index in [-0.39, 0.29) is 5.78 Å². The first-order chi connectivity index (χ1) is 9.06. The van der Waals surface area contributed by atoms with Crippen molar-refractivity contribution in [2.45, 2.75) is 19.8 Å². The molecule has 0 aliphatic carbocycles. The number of carbonyl (C=O) groups is 2. The molecule has 0 fully saturated rings. The van der Waals surface area contributed by atoms with Gasteiger partial charge in [-0.25, -0.2) is 4.99 Å². The van der Waals surface area contributed by atoms with Gasteiger partial charge in [-0.3, -0.25) is 14.6 Å². The molecule has 19 heavy (non-hydrogen) atoms. The van der Waals surface area contributed by atoms with Crippen LogP contribution >= 0.6 is 0 Å². The molecule has 1 aromatic heterocycles. The van der Waals surface area contributed by atoms with Crippen molar-refractivity contribution in [1.82, 2.24) is 4.98 Å². The number of rotatable bonds is 2. The maximum Gasteiger partial charge on any atom is 0.263 e. The Hall–Kier alpha value is -2.35. The van der Waals surface area contributed by atoms with Crippen molar-refractivity contribution in [2.24, 2.45) is 16.8 Å². The summed E-state index contributed by atoms with van der Waals surface area (Å²) >= 11 is 0. The molecule has 1 aliphatic rings. The van der Waals surface area contributed by atoms with Crippen LogP contribution in [0.1, 0.15) is 25.3 Å². The maximum absolute atomic E-state index is 11.9. The zero-order valence-electron chi connectivity index (χ0n) is 10.7. The van der Waals surface area contributed by atoms with Gasteiger partial charge in [0.2, 0.25) is 0 Å². The standard InChI is InChI=1S/C14H13N3O2/c1-8-12(9(2)18)13(10-3-5-16-6-4-10)11(7-15)14(19)17-8/h3-6,11-13H,1-2H3. The molecule has 5 nitrogen and oxygen atoms in total. The van der Waals surface area contributed by atoms with E-state index in [2.05, 4.69) is 9.98 Å². The highest BCUT2D eigenvalue weighted by Gasteiger charge is 2.42. The number of Topliss-reactive ketones (excluding diaryl/α,β-unsaturated/α-hetero) is 1. The lowest BCUT2D eigenvalue weighted by Gasteiger charge is -2.31. The quantitative estimate of drug-likeness (QED) is 0.801. The van der Waals surface area contributed by atoms with Crippen molar-refractivity contribution in [1.29, 1.82) is 5.26 Å². The van der Waals surface area contributed by atoms with Crippen molar-refractivity contribution in [2.75, 3.05) is 0 Å². The number of hydrogen-bond donors (Lipinski definition) is 0. The fourth-order valence-electron chi connectivity index (χ4n) is 2.57. The van der Waals surface area contributed by atoms with Crippen LogP contribution in [0.5, 0.6) is 0 Å². The third-order valence-electron chi connectivity index (χ3n) is 3.39. The minimum atomic E-state index is -0.917. The summed E-state index contributed by atoms with van der Waals surface area (Å²) in [5.74, 6) is -2.48. The van der Waals surface area contributed by atoms with Crippen LogP contribution in [-0.4, -0.2) is 22.4 Å². The third kappa shape index (κ3) is 2.29. The number of pyridine rings is 1.